The van der Waals surface area contributed by atoms with E-state index in [1.54, 1.807) is 0 Å². The van der Waals surface area contributed by atoms with Gasteiger partial charge in [0.15, 0.2) is 0 Å². The summed E-state index contributed by atoms with van der Waals surface area (Å²) in [5.41, 5.74) is 18.0. The number of hydrogen-bond acceptors (Lipinski definition) is 2. The maximum Gasteiger partial charge on any atom is 0.235 e. The second-order valence-corrected chi connectivity index (χ2v) is 16.6. The van der Waals surface area contributed by atoms with Crippen LogP contribution < -0.4 is 0 Å². The molecule has 0 bridgehead atoms. The summed E-state index contributed by atoms with van der Waals surface area (Å²) in [5, 5.41) is 3.58. The molecule has 11 aromatic rings. The van der Waals surface area contributed by atoms with E-state index in [-0.39, 0.29) is 5.41 Å². The van der Waals surface area contributed by atoms with Crippen molar-refractivity contribution in [2.24, 2.45) is 0 Å². The third-order valence-electron chi connectivity index (χ3n) is 12.7. The molecule has 3 aromatic heterocycles. The van der Waals surface area contributed by atoms with Crippen LogP contribution in [0.5, 0.6) is 0 Å². The van der Waals surface area contributed by atoms with Gasteiger partial charge in [0.25, 0.3) is 0 Å². The van der Waals surface area contributed by atoms with Crippen LogP contribution >= 0.6 is 0 Å². The number of nitrogens with zero attached hydrogens (tertiary/aromatic N) is 4. The fraction of sp³-hybridized carbons (Fsp3) is 0.0526. The van der Waals surface area contributed by atoms with Gasteiger partial charge in [0.2, 0.25) is 5.95 Å². The third kappa shape index (κ3) is 5.46. The van der Waals surface area contributed by atoms with Crippen LogP contribution in [0.1, 0.15) is 25.1 Å². The average Bonchev–Trinajstić information content (AvgIpc) is 3.92. The molecule has 0 amide bonds. The normalized spacial score (nSPS) is 12.9. The van der Waals surface area contributed by atoms with Crippen molar-refractivity contribution >= 4 is 32.7 Å². The van der Waals surface area contributed by atoms with Gasteiger partial charge in [-0.15, -0.1) is 0 Å². The zero-order valence-electron chi connectivity index (χ0n) is 33.9. The maximum absolute atomic E-state index is 5.39. The van der Waals surface area contributed by atoms with Crippen LogP contribution in [0, 0.1) is 0 Å². The molecule has 0 aliphatic carbocycles. The second kappa shape index (κ2) is 13.6. The summed E-state index contributed by atoms with van der Waals surface area (Å²) in [4.78, 5) is 10.8. The summed E-state index contributed by atoms with van der Waals surface area (Å²) in [5.74, 6) is 0.644. The van der Waals surface area contributed by atoms with E-state index in [0.29, 0.717) is 5.95 Å². The quantitative estimate of drug-likeness (QED) is 0.168. The van der Waals surface area contributed by atoms with Gasteiger partial charge in [0.1, 0.15) is 0 Å². The monoisotopic (exact) mass is 780 g/mol. The average molecular weight is 781 g/mol. The van der Waals surface area contributed by atoms with Gasteiger partial charge in [0.05, 0.1) is 33.6 Å². The van der Waals surface area contributed by atoms with E-state index >= 15 is 0 Å². The van der Waals surface area contributed by atoms with Crippen molar-refractivity contribution in [1.82, 2.24) is 19.1 Å². The molecule has 0 saturated heterocycles. The second-order valence-electron chi connectivity index (χ2n) is 16.6. The van der Waals surface area contributed by atoms with E-state index < -0.39 is 0 Å². The molecule has 0 saturated carbocycles. The fourth-order valence-electron chi connectivity index (χ4n) is 9.87. The lowest BCUT2D eigenvalue weighted by molar-refractivity contribution is 0.647. The van der Waals surface area contributed by atoms with Gasteiger partial charge in [-0.3, -0.25) is 4.57 Å². The summed E-state index contributed by atoms with van der Waals surface area (Å²) < 4.78 is 4.84. The van der Waals surface area contributed by atoms with Gasteiger partial charge < -0.3 is 4.57 Å². The number of hydrogen-bond donors (Lipinski definition) is 0. The minimum atomic E-state index is -0.361. The Kier molecular flexibility index (Phi) is 7.85. The van der Waals surface area contributed by atoms with Crippen LogP contribution in [-0.4, -0.2) is 19.1 Å². The van der Waals surface area contributed by atoms with Crippen molar-refractivity contribution in [2.75, 3.05) is 0 Å². The first-order chi connectivity index (χ1) is 30.0. The molecule has 4 nitrogen and oxygen atoms in total. The first-order valence-electron chi connectivity index (χ1n) is 21.0. The molecule has 1 aliphatic heterocycles. The molecule has 0 atom stereocenters. The van der Waals surface area contributed by atoms with E-state index in [2.05, 4.69) is 217 Å². The molecule has 12 rings (SSSR count). The number of para-hydroxylation sites is 1. The lowest BCUT2D eigenvalue weighted by atomic mass is 9.79. The molecule has 8 aromatic carbocycles. The molecular formula is C57H40N4. The minimum absolute atomic E-state index is 0.361. The van der Waals surface area contributed by atoms with E-state index in [0.717, 1.165) is 44.3 Å². The largest absolute Gasteiger partial charge is 0.312 e. The van der Waals surface area contributed by atoms with E-state index in [1.165, 1.54) is 61.2 Å². The first kappa shape index (κ1) is 35.2. The Bertz CT molecular complexity index is 3410. The molecule has 1 aliphatic rings. The number of benzene rings is 8. The number of aromatic nitrogens is 4. The van der Waals surface area contributed by atoms with Gasteiger partial charge >= 0.3 is 0 Å². The van der Waals surface area contributed by atoms with Crippen molar-refractivity contribution in [3.8, 4) is 67.5 Å². The van der Waals surface area contributed by atoms with Crippen molar-refractivity contribution in [3.05, 3.63) is 218 Å². The third-order valence-corrected chi connectivity index (χ3v) is 12.7. The maximum atomic E-state index is 5.39. The highest BCUT2D eigenvalue weighted by atomic mass is 15.2. The van der Waals surface area contributed by atoms with Crippen molar-refractivity contribution < 1.29 is 0 Å². The molecule has 61 heavy (non-hydrogen) atoms. The van der Waals surface area contributed by atoms with E-state index in [4.69, 9.17) is 9.97 Å². The highest BCUT2D eigenvalue weighted by Crippen LogP contribution is 2.54. The Morgan fingerprint density at radius 2 is 0.902 bits per heavy atom. The van der Waals surface area contributed by atoms with Crippen LogP contribution in [0.2, 0.25) is 0 Å². The Hall–Kier alpha value is -7.82. The standard InChI is InChI=1S/C57H40N4/c1-57(2)47-35-52-46(34-53(47)60-50-30-18-17-29-44(50)54(55(57)60)43-28-16-15-27-42(43)38-21-9-4-10-22-38)45-33-41(37-19-7-3-8-20-37)31-32-51(45)61(52)56-58-48(39-23-11-5-12-24-39)36-49(59-56)40-25-13-6-14-26-40/h3-36H,1-2H3. The molecule has 0 N–H and O–H groups in total. The topological polar surface area (TPSA) is 35.6 Å². The number of rotatable bonds is 6. The van der Waals surface area contributed by atoms with Crippen LogP contribution in [0.4, 0.5) is 0 Å². The van der Waals surface area contributed by atoms with Gasteiger partial charge in [-0.2, -0.15) is 0 Å². The van der Waals surface area contributed by atoms with Gasteiger partial charge in [-0.1, -0.05) is 184 Å². The molecule has 0 unspecified atom stereocenters. The molecule has 4 heterocycles. The Balaban J connectivity index is 1.17. The highest BCUT2D eigenvalue weighted by Gasteiger charge is 2.41. The summed E-state index contributed by atoms with van der Waals surface area (Å²) in [6, 6.07) is 74.0. The van der Waals surface area contributed by atoms with Crippen LogP contribution in [-0.2, 0) is 5.41 Å². The van der Waals surface area contributed by atoms with Gasteiger partial charge in [-0.05, 0) is 69.8 Å². The van der Waals surface area contributed by atoms with Crippen LogP contribution in [0.25, 0.3) is 100 Å². The first-order valence-corrected chi connectivity index (χ1v) is 21.0. The summed E-state index contributed by atoms with van der Waals surface area (Å²) in [7, 11) is 0. The predicted octanol–water partition coefficient (Wildman–Crippen LogP) is 14.5. The molecule has 0 spiro atoms. The Morgan fingerprint density at radius 3 is 1.56 bits per heavy atom. The Morgan fingerprint density at radius 1 is 0.377 bits per heavy atom. The molecular weight excluding hydrogens is 741 g/mol. The Labute approximate surface area is 354 Å². The van der Waals surface area contributed by atoms with Gasteiger partial charge in [0, 0.05) is 44.0 Å². The minimum Gasteiger partial charge on any atom is -0.312 e. The van der Waals surface area contributed by atoms with Gasteiger partial charge in [-0.25, -0.2) is 9.97 Å². The molecule has 0 fully saturated rings. The SMILES string of the molecule is CC1(C)c2cc3c(cc2-n2c1c(-c1ccccc1-c1ccccc1)c1ccccc12)c1cc(-c2ccccc2)ccc1n3-c1nc(-c2ccccc2)cc(-c2ccccc2)n1. The zero-order chi connectivity index (χ0) is 40.7. The van der Waals surface area contributed by atoms with Crippen LogP contribution in [0.15, 0.2) is 206 Å². The summed E-state index contributed by atoms with van der Waals surface area (Å²) in [6.45, 7) is 4.79. The van der Waals surface area contributed by atoms with Crippen LogP contribution in [0.3, 0.4) is 0 Å². The summed E-state index contributed by atoms with van der Waals surface area (Å²) >= 11 is 0. The highest BCUT2D eigenvalue weighted by molar-refractivity contribution is 6.13. The van der Waals surface area contributed by atoms with Crippen molar-refractivity contribution in [2.45, 2.75) is 19.3 Å². The molecule has 0 radical (unpaired) electrons. The number of fused-ring (bicyclic) bond motifs is 8. The predicted molar refractivity (Wildman–Crippen MR) is 253 cm³/mol. The van der Waals surface area contributed by atoms with E-state index in [1.807, 2.05) is 12.1 Å². The zero-order valence-corrected chi connectivity index (χ0v) is 33.9. The van der Waals surface area contributed by atoms with Crippen molar-refractivity contribution in [3.63, 3.8) is 0 Å². The van der Waals surface area contributed by atoms with Crippen molar-refractivity contribution in [1.29, 1.82) is 0 Å². The molecule has 4 heteroatoms. The van der Waals surface area contributed by atoms with E-state index in [9.17, 15) is 0 Å². The lowest BCUT2D eigenvalue weighted by Gasteiger charge is -2.23. The summed E-state index contributed by atoms with van der Waals surface area (Å²) in [6.07, 6.45) is 0. The molecule has 288 valence electrons. The smallest absolute Gasteiger partial charge is 0.235 e. The lowest BCUT2D eigenvalue weighted by Crippen LogP contribution is -2.17. The fourth-order valence-corrected chi connectivity index (χ4v) is 9.87.